The van der Waals surface area contributed by atoms with Crippen LogP contribution in [0.5, 0.6) is 0 Å². The lowest BCUT2D eigenvalue weighted by molar-refractivity contribution is -0.158. The summed E-state index contributed by atoms with van der Waals surface area (Å²) in [6, 6.07) is 20.8. The predicted molar refractivity (Wildman–Crippen MR) is 127 cm³/mol. The summed E-state index contributed by atoms with van der Waals surface area (Å²) in [6.45, 7) is 9.87. The molecule has 1 unspecified atom stereocenters. The average molecular weight is 423 g/mol. The van der Waals surface area contributed by atoms with E-state index in [2.05, 4.69) is 61.3 Å². The molecule has 2 aromatic rings. The molecular formula is C27H38N2O2. The Morgan fingerprint density at radius 1 is 1.06 bits per heavy atom. The van der Waals surface area contributed by atoms with Crippen LogP contribution in [0.2, 0.25) is 0 Å². The van der Waals surface area contributed by atoms with Gasteiger partial charge in [-0.15, -0.1) is 0 Å². The topological polar surface area (TPSA) is 41.6 Å². The number of benzene rings is 2. The molecule has 0 aliphatic carbocycles. The zero-order chi connectivity index (χ0) is 22.1. The summed E-state index contributed by atoms with van der Waals surface area (Å²) in [5, 5.41) is 3.36. The van der Waals surface area contributed by atoms with Gasteiger partial charge in [0.05, 0.1) is 0 Å². The Morgan fingerprint density at radius 2 is 1.68 bits per heavy atom. The highest BCUT2D eigenvalue weighted by atomic mass is 16.5. The van der Waals surface area contributed by atoms with Crippen LogP contribution in [0.1, 0.15) is 57.6 Å². The molecule has 168 valence electrons. The number of piperidine rings is 1. The van der Waals surface area contributed by atoms with Crippen LogP contribution in [0.3, 0.4) is 0 Å². The first kappa shape index (κ1) is 23.5. The molecule has 2 aromatic carbocycles. The van der Waals surface area contributed by atoms with Gasteiger partial charge >= 0.3 is 0 Å². The standard InChI is InChI=1S/C27H38N2O2/c1-4-5-20-31-27(22(2)3,24-14-10-7-11-15-24)26(30)28-25-16-18-29(19-17-25)21-23-12-8-6-9-13-23/h6-15,22,25H,4-5,16-21H2,1-3H3,(H,28,30). The van der Waals surface area contributed by atoms with Crippen molar-refractivity contribution < 1.29 is 9.53 Å². The lowest BCUT2D eigenvalue weighted by Crippen LogP contribution is -2.54. The fraction of sp³-hybridized carbons (Fsp3) is 0.519. The van der Waals surface area contributed by atoms with Gasteiger partial charge in [0, 0.05) is 32.3 Å². The second kappa shape index (κ2) is 11.4. The molecular weight excluding hydrogens is 384 g/mol. The molecule has 1 aliphatic rings. The number of nitrogens with one attached hydrogen (secondary N) is 1. The first-order valence-corrected chi connectivity index (χ1v) is 11.8. The van der Waals surface area contributed by atoms with E-state index in [1.807, 2.05) is 30.3 Å². The van der Waals surface area contributed by atoms with E-state index >= 15 is 0 Å². The van der Waals surface area contributed by atoms with E-state index in [0.29, 0.717) is 6.61 Å². The monoisotopic (exact) mass is 422 g/mol. The van der Waals surface area contributed by atoms with Gasteiger partial charge in [0.2, 0.25) is 0 Å². The molecule has 1 N–H and O–H groups in total. The largest absolute Gasteiger partial charge is 0.360 e. The van der Waals surface area contributed by atoms with Gasteiger partial charge in [-0.3, -0.25) is 9.69 Å². The Labute approximate surface area is 188 Å². The van der Waals surface area contributed by atoms with E-state index in [0.717, 1.165) is 50.9 Å². The molecule has 3 rings (SSSR count). The van der Waals surface area contributed by atoms with Gasteiger partial charge in [-0.25, -0.2) is 0 Å². The van der Waals surface area contributed by atoms with E-state index in [1.165, 1.54) is 5.56 Å². The second-order valence-corrected chi connectivity index (χ2v) is 8.97. The lowest BCUT2D eigenvalue weighted by atomic mass is 9.81. The molecule has 1 saturated heterocycles. The van der Waals surface area contributed by atoms with Crippen LogP contribution in [-0.4, -0.2) is 36.5 Å². The van der Waals surface area contributed by atoms with Crippen LogP contribution in [0.25, 0.3) is 0 Å². The van der Waals surface area contributed by atoms with Crippen molar-refractivity contribution in [3.8, 4) is 0 Å². The van der Waals surface area contributed by atoms with Crippen molar-refractivity contribution in [2.45, 2.75) is 64.6 Å². The number of nitrogens with zero attached hydrogens (tertiary/aromatic N) is 1. The minimum atomic E-state index is -0.947. The highest BCUT2D eigenvalue weighted by molar-refractivity contribution is 5.87. The Kier molecular flexibility index (Phi) is 8.68. The van der Waals surface area contributed by atoms with Crippen molar-refractivity contribution in [2.75, 3.05) is 19.7 Å². The number of hydrogen-bond donors (Lipinski definition) is 1. The van der Waals surface area contributed by atoms with Crippen molar-refractivity contribution in [3.63, 3.8) is 0 Å². The Hall–Kier alpha value is -2.17. The molecule has 1 fully saturated rings. The van der Waals surface area contributed by atoms with Gasteiger partial charge in [-0.1, -0.05) is 87.9 Å². The third-order valence-corrected chi connectivity index (χ3v) is 6.35. The zero-order valence-electron chi connectivity index (χ0n) is 19.3. The van der Waals surface area contributed by atoms with Gasteiger partial charge in [-0.2, -0.15) is 0 Å². The molecule has 4 heteroatoms. The fourth-order valence-electron chi connectivity index (χ4n) is 4.48. The summed E-state index contributed by atoms with van der Waals surface area (Å²) in [7, 11) is 0. The van der Waals surface area contributed by atoms with Crippen LogP contribution in [0.4, 0.5) is 0 Å². The summed E-state index contributed by atoms with van der Waals surface area (Å²) < 4.78 is 6.40. The van der Waals surface area contributed by atoms with Crippen LogP contribution >= 0.6 is 0 Å². The molecule has 1 atom stereocenters. The molecule has 0 saturated carbocycles. The Balaban J connectivity index is 1.66. The third-order valence-electron chi connectivity index (χ3n) is 6.35. The first-order chi connectivity index (χ1) is 15.1. The molecule has 1 amide bonds. The molecule has 31 heavy (non-hydrogen) atoms. The molecule has 0 radical (unpaired) electrons. The van der Waals surface area contributed by atoms with E-state index in [1.54, 1.807) is 0 Å². The number of carbonyl (C=O) groups is 1. The normalized spacial score (nSPS) is 17.4. The lowest BCUT2D eigenvalue weighted by Gasteiger charge is -2.39. The van der Waals surface area contributed by atoms with E-state index in [4.69, 9.17) is 4.74 Å². The van der Waals surface area contributed by atoms with Crippen LogP contribution in [0, 0.1) is 5.92 Å². The average Bonchev–Trinajstić information content (AvgIpc) is 2.79. The highest BCUT2D eigenvalue weighted by Gasteiger charge is 2.45. The molecule has 0 bridgehead atoms. The maximum absolute atomic E-state index is 13.7. The minimum Gasteiger partial charge on any atom is -0.360 e. The van der Waals surface area contributed by atoms with Gasteiger partial charge in [-0.05, 0) is 36.3 Å². The zero-order valence-corrected chi connectivity index (χ0v) is 19.3. The fourth-order valence-corrected chi connectivity index (χ4v) is 4.48. The van der Waals surface area contributed by atoms with Gasteiger partial charge in [0.25, 0.3) is 5.91 Å². The van der Waals surface area contributed by atoms with Gasteiger partial charge in [0.1, 0.15) is 0 Å². The number of unbranched alkanes of at least 4 members (excludes halogenated alkanes) is 1. The van der Waals surface area contributed by atoms with Gasteiger partial charge in [0.15, 0.2) is 5.60 Å². The van der Waals surface area contributed by atoms with E-state index in [9.17, 15) is 4.79 Å². The van der Waals surface area contributed by atoms with Crippen LogP contribution in [-0.2, 0) is 21.7 Å². The highest BCUT2D eigenvalue weighted by Crippen LogP contribution is 2.35. The minimum absolute atomic E-state index is 0.00584. The molecule has 0 spiro atoms. The van der Waals surface area contributed by atoms with Crippen molar-refractivity contribution >= 4 is 5.91 Å². The summed E-state index contributed by atoms with van der Waals surface area (Å²) >= 11 is 0. The molecule has 4 nitrogen and oxygen atoms in total. The SMILES string of the molecule is CCCCOC(C(=O)NC1CCN(Cc2ccccc2)CC1)(c1ccccc1)C(C)C. The number of carbonyl (C=O) groups excluding carboxylic acids is 1. The molecule has 0 aromatic heterocycles. The van der Waals surface area contributed by atoms with Crippen molar-refractivity contribution in [3.05, 3.63) is 71.8 Å². The quantitative estimate of drug-likeness (QED) is 0.539. The number of amides is 1. The Bertz CT molecular complexity index is 785. The summed E-state index contributed by atoms with van der Waals surface area (Å²) in [4.78, 5) is 16.2. The molecule has 1 heterocycles. The van der Waals surface area contributed by atoms with Crippen molar-refractivity contribution in [1.29, 1.82) is 0 Å². The second-order valence-electron chi connectivity index (χ2n) is 8.97. The van der Waals surface area contributed by atoms with E-state index < -0.39 is 5.60 Å². The first-order valence-electron chi connectivity index (χ1n) is 11.8. The summed E-state index contributed by atoms with van der Waals surface area (Å²) in [6.07, 6.45) is 3.93. The van der Waals surface area contributed by atoms with E-state index in [-0.39, 0.29) is 17.9 Å². The third kappa shape index (κ3) is 5.96. The number of rotatable bonds is 10. The number of likely N-dealkylation sites (tertiary alicyclic amines) is 1. The molecule has 1 aliphatic heterocycles. The summed E-state index contributed by atoms with van der Waals surface area (Å²) in [5.74, 6) is 0.0382. The maximum atomic E-state index is 13.7. The van der Waals surface area contributed by atoms with Crippen LogP contribution < -0.4 is 5.32 Å². The number of hydrogen-bond acceptors (Lipinski definition) is 3. The Morgan fingerprint density at radius 3 is 2.26 bits per heavy atom. The smallest absolute Gasteiger partial charge is 0.257 e. The van der Waals surface area contributed by atoms with Gasteiger partial charge < -0.3 is 10.1 Å². The van der Waals surface area contributed by atoms with Crippen molar-refractivity contribution in [1.82, 2.24) is 10.2 Å². The maximum Gasteiger partial charge on any atom is 0.257 e. The predicted octanol–water partition coefficient (Wildman–Crippen LogP) is 5.14. The van der Waals surface area contributed by atoms with Crippen LogP contribution in [0.15, 0.2) is 60.7 Å². The summed E-state index contributed by atoms with van der Waals surface area (Å²) in [5.41, 5.74) is 1.34. The van der Waals surface area contributed by atoms with Crippen molar-refractivity contribution in [2.24, 2.45) is 5.92 Å². The number of ether oxygens (including phenoxy) is 1.